The maximum absolute atomic E-state index is 6.52. The molecule has 0 aliphatic heterocycles. The van der Waals surface area contributed by atoms with Crippen LogP contribution in [0.25, 0.3) is 0 Å². The molecule has 0 N–H and O–H groups in total. The number of halogens is 1. The highest BCUT2D eigenvalue weighted by atomic mass is 35.5. The van der Waals surface area contributed by atoms with Gasteiger partial charge in [-0.1, -0.05) is 39.0 Å². The van der Waals surface area contributed by atoms with E-state index >= 15 is 0 Å². The van der Waals surface area contributed by atoms with Gasteiger partial charge in [0.05, 0.1) is 5.38 Å². The summed E-state index contributed by atoms with van der Waals surface area (Å²) < 4.78 is 0. The zero-order valence-electron chi connectivity index (χ0n) is 10.5. The van der Waals surface area contributed by atoms with Crippen LogP contribution < -0.4 is 0 Å². The molecule has 0 radical (unpaired) electrons. The second-order valence-corrected chi connectivity index (χ2v) is 6.40. The summed E-state index contributed by atoms with van der Waals surface area (Å²) in [5.41, 5.74) is 4.48. The summed E-state index contributed by atoms with van der Waals surface area (Å²) in [6.07, 6.45) is 5.16. The SMILES string of the molecule is CC(C)(C)C(Cl)c1ccc2c(c1)CCCC2. The maximum Gasteiger partial charge on any atom is 0.0633 e. The first kappa shape index (κ1) is 12.0. The van der Waals surface area contributed by atoms with Crippen LogP contribution in [-0.4, -0.2) is 0 Å². The molecule has 16 heavy (non-hydrogen) atoms. The molecule has 0 nitrogen and oxygen atoms in total. The second-order valence-electron chi connectivity index (χ2n) is 5.96. The Labute approximate surface area is 104 Å². The molecule has 1 heteroatoms. The lowest BCUT2D eigenvalue weighted by atomic mass is 9.84. The predicted octanol–water partition coefficient (Wildman–Crippen LogP) is 4.89. The van der Waals surface area contributed by atoms with Gasteiger partial charge in [0.1, 0.15) is 0 Å². The molecule has 1 aromatic carbocycles. The molecule has 0 saturated heterocycles. The first-order valence-electron chi connectivity index (χ1n) is 6.24. The number of aryl methyl sites for hydroxylation is 2. The average Bonchev–Trinajstić information content (AvgIpc) is 2.26. The Morgan fingerprint density at radius 3 is 2.31 bits per heavy atom. The van der Waals surface area contributed by atoms with E-state index < -0.39 is 0 Å². The van der Waals surface area contributed by atoms with E-state index in [-0.39, 0.29) is 10.8 Å². The van der Waals surface area contributed by atoms with E-state index in [1.807, 2.05) is 0 Å². The van der Waals surface area contributed by atoms with Crippen molar-refractivity contribution in [3.63, 3.8) is 0 Å². The summed E-state index contributed by atoms with van der Waals surface area (Å²) in [5.74, 6) is 0. The molecule has 0 fully saturated rings. The van der Waals surface area contributed by atoms with Crippen LogP contribution in [0.2, 0.25) is 0 Å². The maximum atomic E-state index is 6.52. The van der Waals surface area contributed by atoms with Gasteiger partial charge in [-0.15, -0.1) is 11.6 Å². The predicted molar refractivity (Wildman–Crippen MR) is 71.1 cm³/mol. The molecule has 0 amide bonds. The number of fused-ring (bicyclic) bond motifs is 1. The van der Waals surface area contributed by atoms with Crippen molar-refractivity contribution in [2.24, 2.45) is 5.41 Å². The lowest BCUT2D eigenvalue weighted by molar-refractivity contribution is 0.395. The molecule has 0 aromatic heterocycles. The van der Waals surface area contributed by atoms with Crippen molar-refractivity contribution in [3.8, 4) is 0 Å². The molecule has 0 bridgehead atoms. The van der Waals surface area contributed by atoms with Gasteiger partial charge in [-0.05, 0) is 47.8 Å². The fourth-order valence-corrected chi connectivity index (χ4v) is 2.55. The molecule has 2 rings (SSSR count). The summed E-state index contributed by atoms with van der Waals surface area (Å²) in [4.78, 5) is 0. The highest BCUT2D eigenvalue weighted by Crippen LogP contribution is 2.39. The van der Waals surface area contributed by atoms with E-state index in [1.54, 1.807) is 0 Å². The van der Waals surface area contributed by atoms with E-state index in [0.717, 1.165) is 0 Å². The van der Waals surface area contributed by atoms with Gasteiger partial charge in [0, 0.05) is 0 Å². The van der Waals surface area contributed by atoms with Gasteiger partial charge in [-0.3, -0.25) is 0 Å². The third kappa shape index (κ3) is 2.43. The first-order chi connectivity index (χ1) is 7.48. The monoisotopic (exact) mass is 236 g/mol. The van der Waals surface area contributed by atoms with E-state index in [1.165, 1.54) is 42.4 Å². The quantitative estimate of drug-likeness (QED) is 0.609. The number of hydrogen-bond acceptors (Lipinski definition) is 0. The fraction of sp³-hybridized carbons (Fsp3) is 0.600. The topological polar surface area (TPSA) is 0 Å². The zero-order valence-corrected chi connectivity index (χ0v) is 11.3. The molecule has 0 spiro atoms. The minimum absolute atomic E-state index is 0.111. The van der Waals surface area contributed by atoms with Crippen molar-refractivity contribution in [1.29, 1.82) is 0 Å². The van der Waals surface area contributed by atoms with Crippen LogP contribution in [0, 0.1) is 5.41 Å². The average molecular weight is 237 g/mol. The Morgan fingerprint density at radius 2 is 1.69 bits per heavy atom. The number of rotatable bonds is 1. The lowest BCUT2D eigenvalue weighted by Crippen LogP contribution is -2.14. The van der Waals surface area contributed by atoms with Crippen LogP contribution in [0.15, 0.2) is 18.2 Å². The van der Waals surface area contributed by atoms with E-state index in [2.05, 4.69) is 39.0 Å². The van der Waals surface area contributed by atoms with Crippen LogP contribution >= 0.6 is 11.6 Å². The van der Waals surface area contributed by atoms with Gasteiger partial charge in [0.2, 0.25) is 0 Å². The van der Waals surface area contributed by atoms with E-state index in [0.29, 0.717) is 0 Å². The molecular weight excluding hydrogens is 216 g/mol. The van der Waals surface area contributed by atoms with Crippen molar-refractivity contribution in [2.45, 2.75) is 51.8 Å². The fourth-order valence-electron chi connectivity index (χ4n) is 2.41. The van der Waals surface area contributed by atoms with Crippen LogP contribution in [0.5, 0.6) is 0 Å². The highest BCUT2D eigenvalue weighted by molar-refractivity contribution is 6.21. The molecular formula is C15H21Cl. The summed E-state index contributed by atoms with van der Waals surface area (Å²) >= 11 is 6.52. The minimum atomic E-state index is 0.111. The van der Waals surface area contributed by atoms with Gasteiger partial charge in [-0.2, -0.15) is 0 Å². The van der Waals surface area contributed by atoms with Crippen LogP contribution in [0.1, 0.15) is 55.7 Å². The third-order valence-electron chi connectivity index (χ3n) is 3.43. The Bertz CT molecular complexity index is 374. The largest absolute Gasteiger partial charge is 0.117 e. The number of alkyl halides is 1. The van der Waals surface area contributed by atoms with Crippen molar-refractivity contribution < 1.29 is 0 Å². The summed E-state index contributed by atoms with van der Waals surface area (Å²) in [6.45, 7) is 6.60. The number of hydrogen-bond donors (Lipinski definition) is 0. The van der Waals surface area contributed by atoms with Crippen molar-refractivity contribution >= 4 is 11.6 Å². The Hall–Kier alpha value is -0.490. The van der Waals surface area contributed by atoms with Gasteiger partial charge in [0.15, 0.2) is 0 Å². The van der Waals surface area contributed by atoms with Crippen molar-refractivity contribution in [3.05, 3.63) is 34.9 Å². The second kappa shape index (κ2) is 4.41. The molecule has 1 aliphatic rings. The van der Waals surface area contributed by atoms with Crippen molar-refractivity contribution in [1.82, 2.24) is 0 Å². The third-order valence-corrected chi connectivity index (χ3v) is 4.33. The van der Waals surface area contributed by atoms with Gasteiger partial charge >= 0.3 is 0 Å². The Kier molecular flexibility index (Phi) is 3.30. The molecule has 1 atom stereocenters. The molecule has 88 valence electrons. The molecule has 0 heterocycles. The smallest absolute Gasteiger partial charge is 0.0633 e. The van der Waals surface area contributed by atoms with Gasteiger partial charge in [0.25, 0.3) is 0 Å². The van der Waals surface area contributed by atoms with Gasteiger partial charge in [-0.25, -0.2) is 0 Å². The molecule has 0 saturated carbocycles. The standard InChI is InChI=1S/C15H21Cl/c1-15(2,3)14(16)13-9-8-11-6-4-5-7-12(11)10-13/h8-10,14H,4-7H2,1-3H3. The highest BCUT2D eigenvalue weighted by Gasteiger charge is 2.24. The summed E-state index contributed by atoms with van der Waals surface area (Å²) in [5, 5.41) is 0.111. The van der Waals surface area contributed by atoms with Gasteiger partial charge < -0.3 is 0 Å². The Morgan fingerprint density at radius 1 is 1.06 bits per heavy atom. The van der Waals surface area contributed by atoms with E-state index in [9.17, 15) is 0 Å². The van der Waals surface area contributed by atoms with Crippen molar-refractivity contribution in [2.75, 3.05) is 0 Å². The van der Waals surface area contributed by atoms with Crippen LogP contribution in [0.3, 0.4) is 0 Å². The zero-order chi connectivity index (χ0) is 11.8. The van der Waals surface area contributed by atoms with Crippen LogP contribution in [0.4, 0.5) is 0 Å². The lowest BCUT2D eigenvalue weighted by Gasteiger charge is -2.27. The molecule has 1 unspecified atom stereocenters. The number of benzene rings is 1. The summed E-state index contributed by atoms with van der Waals surface area (Å²) in [6, 6.07) is 6.83. The molecule has 1 aliphatic carbocycles. The Balaban J connectivity index is 2.30. The normalized spacial score (nSPS) is 18.0. The first-order valence-corrected chi connectivity index (χ1v) is 6.68. The minimum Gasteiger partial charge on any atom is -0.117 e. The van der Waals surface area contributed by atoms with Crippen LogP contribution in [-0.2, 0) is 12.8 Å². The summed E-state index contributed by atoms with van der Waals surface area (Å²) in [7, 11) is 0. The molecule has 1 aromatic rings. The van der Waals surface area contributed by atoms with E-state index in [4.69, 9.17) is 11.6 Å².